The fourth-order valence-corrected chi connectivity index (χ4v) is 2.61. The van der Waals surface area contributed by atoms with Gasteiger partial charge in [0.25, 0.3) is 5.91 Å². The predicted molar refractivity (Wildman–Crippen MR) is 80.5 cm³/mol. The minimum Gasteiger partial charge on any atom is -0.396 e. The fraction of sp³-hybridized carbons (Fsp3) is 0.500. The van der Waals surface area contributed by atoms with Crippen LogP contribution in [0.1, 0.15) is 41.7 Å². The van der Waals surface area contributed by atoms with Crippen LogP contribution in [0.3, 0.4) is 0 Å². The van der Waals surface area contributed by atoms with Crippen molar-refractivity contribution in [3.8, 4) is 11.8 Å². The summed E-state index contributed by atoms with van der Waals surface area (Å²) in [5.41, 5.74) is 6.50. The van der Waals surface area contributed by atoms with Gasteiger partial charge in [0.05, 0.1) is 6.54 Å². The van der Waals surface area contributed by atoms with Gasteiger partial charge in [0.15, 0.2) is 0 Å². The van der Waals surface area contributed by atoms with Crippen LogP contribution >= 0.6 is 0 Å². The van der Waals surface area contributed by atoms with Crippen molar-refractivity contribution in [2.75, 3.05) is 19.7 Å². The molecule has 0 bridgehead atoms. The number of amides is 1. The average molecular weight is 287 g/mol. The molecule has 1 unspecified atom stereocenters. The third kappa shape index (κ3) is 4.03. The SMILES string of the molecule is NCC#Cc1ccc(C(=O)N2CCCCC2CCO)nc1. The molecule has 0 saturated carbocycles. The number of aromatic nitrogens is 1. The molecule has 0 spiro atoms. The number of aliphatic hydroxyl groups is 1. The van der Waals surface area contributed by atoms with Crippen LogP contribution < -0.4 is 5.73 Å². The quantitative estimate of drug-likeness (QED) is 0.805. The van der Waals surface area contributed by atoms with E-state index in [0.29, 0.717) is 18.7 Å². The van der Waals surface area contributed by atoms with E-state index in [1.54, 1.807) is 18.3 Å². The fourth-order valence-electron chi connectivity index (χ4n) is 2.61. The van der Waals surface area contributed by atoms with Gasteiger partial charge in [0.2, 0.25) is 0 Å². The topological polar surface area (TPSA) is 79.5 Å². The van der Waals surface area contributed by atoms with Gasteiger partial charge in [-0.3, -0.25) is 4.79 Å². The van der Waals surface area contributed by atoms with Crippen LogP contribution in [0.5, 0.6) is 0 Å². The summed E-state index contributed by atoms with van der Waals surface area (Å²) in [4.78, 5) is 18.6. The zero-order valence-electron chi connectivity index (χ0n) is 12.1. The molecule has 2 rings (SSSR count). The molecule has 5 nitrogen and oxygen atoms in total. The van der Waals surface area contributed by atoms with Gasteiger partial charge in [-0.15, -0.1) is 0 Å². The summed E-state index contributed by atoms with van der Waals surface area (Å²) in [7, 11) is 0. The number of likely N-dealkylation sites (tertiary alicyclic amines) is 1. The molecule has 1 aliphatic rings. The maximum Gasteiger partial charge on any atom is 0.272 e. The lowest BCUT2D eigenvalue weighted by Gasteiger charge is -2.35. The zero-order chi connectivity index (χ0) is 15.1. The standard InChI is InChI=1S/C16H21N3O2/c17-9-3-4-13-6-7-15(18-12-13)16(21)19-10-2-1-5-14(19)8-11-20/h6-7,12,14,20H,1-2,5,8-11,17H2. The number of aliphatic hydroxyl groups excluding tert-OH is 1. The lowest BCUT2D eigenvalue weighted by atomic mass is 9.99. The molecule has 112 valence electrons. The van der Waals surface area contributed by atoms with Crippen molar-refractivity contribution < 1.29 is 9.90 Å². The first-order valence-corrected chi connectivity index (χ1v) is 7.33. The Morgan fingerprint density at radius 3 is 3.00 bits per heavy atom. The minimum absolute atomic E-state index is 0.0634. The van der Waals surface area contributed by atoms with E-state index in [0.717, 1.165) is 31.4 Å². The molecule has 1 aromatic rings. The summed E-state index contributed by atoms with van der Waals surface area (Å²) >= 11 is 0. The first-order chi connectivity index (χ1) is 10.3. The van der Waals surface area contributed by atoms with E-state index in [-0.39, 0.29) is 18.6 Å². The highest BCUT2D eigenvalue weighted by Crippen LogP contribution is 2.21. The molecule has 1 atom stereocenters. The van der Waals surface area contributed by atoms with Crippen LogP contribution in [0.4, 0.5) is 0 Å². The Hall–Kier alpha value is -1.90. The van der Waals surface area contributed by atoms with E-state index in [2.05, 4.69) is 16.8 Å². The molecule has 1 amide bonds. The van der Waals surface area contributed by atoms with Crippen LogP contribution in [0, 0.1) is 11.8 Å². The van der Waals surface area contributed by atoms with Crippen molar-refractivity contribution in [1.82, 2.24) is 9.88 Å². The Morgan fingerprint density at radius 1 is 1.48 bits per heavy atom. The average Bonchev–Trinajstić information content (AvgIpc) is 2.53. The number of hydrogen-bond donors (Lipinski definition) is 2. The number of carbonyl (C=O) groups is 1. The predicted octanol–water partition coefficient (Wildman–Crippen LogP) is 0.769. The third-order valence-corrected chi connectivity index (χ3v) is 3.67. The number of rotatable bonds is 3. The highest BCUT2D eigenvalue weighted by atomic mass is 16.3. The van der Waals surface area contributed by atoms with Crippen LogP contribution in [-0.2, 0) is 0 Å². The number of hydrogen-bond acceptors (Lipinski definition) is 4. The smallest absolute Gasteiger partial charge is 0.272 e. The molecular formula is C16H21N3O2. The summed E-state index contributed by atoms with van der Waals surface area (Å²) in [5.74, 6) is 5.58. The molecule has 2 heterocycles. The molecule has 1 aromatic heterocycles. The number of piperidine rings is 1. The molecule has 0 radical (unpaired) electrons. The molecule has 0 aromatic carbocycles. The van der Waals surface area contributed by atoms with E-state index >= 15 is 0 Å². The summed E-state index contributed by atoms with van der Waals surface area (Å²) in [6, 6.07) is 3.61. The number of nitrogens with zero attached hydrogens (tertiary/aromatic N) is 2. The van der Waals surface area contributed by atoms with E-state index < -0.39 is 0 Å². The van der Waals surface area contributed by atoms with Crippen LogP contribution in [0.15, 0.2) is 18.3 Å². The Bertz CT molecular complexity index is 529. The minimum atomic E-state index is -0.0634. The highest BCUT2D eigenvalue weighted by Gasteiger charge is 2.27. The van der Waals surface area contributed by atoms with Crippen molar-refractivity contribution in [3.05, 3.63) is 29.6 Å². The molecule has 1 aliphatic heterocycles. The Morgan fingerprint density at radius 2 is 2.33 bits per heavy atom. The van der Waals surface area contributed by atoms with Gasteiger partial charge < -0.3 is 15.7 Å². The lowest BCUT2D eigenvalue weighted by Crippen LogP contribution is -2.44. The monoisotopic (exact) mass is 287 g/mol. The van der Waals surface area contributed by atoms with Gasteiger partial charge >= 0.3 is 0 Å². The second-order valence-electron chi connectivity index (χ2n) is 5.10. The number of carbonyl (C=O) groups excluding carboxylic acids is 1. The van der Waals surface area contributed by atoms with Gasteiger partial charge in [0, 0.05) is 31.0 Å². The maximum atomic E-state index is 12.5. The van der Waals surface area contributed by atoms with Gasteiger partial charge in [0.1, 0.15) is 5.69 Å². The van der Waals surface area contributed by atoms with Gasteiger partial charge in [-0.05, 0) is 37.8 Å². The molecule has 1 saturated heterocycles. The van der Waals surface area contributed by atoms with Gasteiger partial charge in [-0.25, -0.2) is 4.98 Å². The second kappa shape index (κ2) is 7.77. The Kier molecular flexibility index (Phi) is 5.73. The van der Waals surface area contributed by atoms with Crippen LogP contribution in [0.2, 0.25) is 0 Å². The Balaban J connectivity index is 2.10. The molecule has 1 fully saturated rings. The lowest BCUT2D eigenvalue weighted by molar-refractivity contribution is 0.0568. The summed E-state index contributed by atoms with van der Waals surface area (Å²) < 4.78 is 0. The molecule has 0 aliphatic carbocycles. The maximum absolute atomic E-state index is 12.5. The van der Waals surface area contributed by atoms with Crippen molar-refractivity contribution in [3.63, 3.8) is 0 Å². The van der Waals surface area contributed by atoms with Gasteiger partial charge in [-0.2, -0.15) is 0 Å². The van der Waals surface area contributed by atoms with Crippen molar-refractivity contribution in [2.24, 2.45) is 5.73 Å². The first-order valence-electron chi connectivity index (χ1n) is 7.33. The van der Waals surface area contributed by atoms with Crippen molar-refractivity contribution in [2.45, 2.75) is 31.7 Å². The second-order valence-corrected chi connectivity index (χ2v) is 5.10. The van der Waals surface area contributed by atoms with E-state index in [9.17, 15) is 4.79 Å². The summed E-state index contributed by atoms with van der Waals surface area (Å²) in [6.45, 7) is 1.15. The zero-order valence-corrected chi connectivity index (χ0v) is 12.1. The first kappa shape index (κ1) is 15.5. The number of nitrogens with two attached hydrogens (primary N) is 1. The summed E-state index contributed by atoms with van der Waals surface area (Å²) in [6.07, 6.45) is 5.29. The van der Waals surface area contributed by atoms with Crippen molar-refractivity contribution in [1.29, 1.82) is 0 Å². The molecular weight excluding hydrogens is 266 g/mol. The van der Waals surface area contributed by atoms with Gasteiger partial charge in [-0.1, -0.05) is 11.8 Å². The van der Waals surface area contributed by atoms with E-state index in [1.807, 2.05) is 4.90 Å². The highest BCUT2D eigenvalue weighted by molar-refractivity contribution is 5.92. The van der Waals surface area contributed by atoms with Crippen molar-refractivity contribution >= 4 is 5.91 Å². The van der Waals surface area contributed by atoms with E-state index in [4.69, 9.17) is 10.8 Å². The third-order valence-electron chi connectivity index (χ3n) is 3.67. The normalized spacial score (nSPS) is 18.0. The van der Waals surface area contributed by atoms with E-state index in [1.165, 1.54) is 0 Å². The molecule has 5 heteroatoms. The molecule has 3 N–H and O–H groups in total. The molecule has 21 heavy (non-hydrogen) atoms. The van der Waals surface area contributed by atoms with Crippen LogP contribution in [0.25, 0.3) is 0 Å². The largest absolute Gasteiger partial charge is 0.396 e. The summed E-state index contributed by atoms with van der Waals surface area (Å²) in [5, 5.41) is 9.13. The Labute approximate surface area is 125 Å². The number of pyridine rings is 1. The van der Waals surface area contributed by atoms with Crippen LogP contribution in [-0.4, -0.2) is 46.6 Å².